The van der Waals surface area contributed by atoms with Crippen LogP contribution in [-0.4, -0.2) is 59.8 Å². The summed E-state index contributed by atoms with van der Waals surface area (Å²) in [6.45, 7) is 2.89. The molecule has 7 nitrogen and oxygen atoms in total. The topological polar surface area (TPSA) is 75.6 Å². The minimum absolute atomic E-state index is 0.103. The number of aryl methyl sites for hydroxylation is 1. The van der Waals surface area contributed by atoms with Gasteiger partial charge in [-0.15, -0.1) is 0 Å². The van der Waals surface area contributed by atoms with Crippen LogP contribution >= 0.6 is 11.6 Å². The number of cyclic esters (lactones) is 1. The highest BCUT2D eigenvalue weighted by atomic mass is 35.5. The first-order valence-corrected chi connectivity index (χ1v) is 7.68. The molecule has 1 aromatic heterocycles. The van der Waals surface area contributed by atoms with E-state index in [-0.39, 0.29) is 24.1 Å². The molecule has 0 aromatic carbocycles. The van der Waals surface area contributed by atoms with Gasteiger partial charge in [-0.3, -0.25) is 9.69 Å². The number of hydrogen-bond acceptors (Lipinski definition) is 4. The zero-order chi connectivity index (χ0) is 15.7. The summed E-state index contributed by atoms with van der Waals surface area (Å²) in [7, 11) is 1.79. The van der Waals surface area contributed by atoms with Crippen molar-refractivity contribution < 1.29 is 14.3 Å². The number of carbonyl (C=O) groups excluding carboxylic acids is 2. The number of halogens is 1. The van der Waals surface area contributed by atoms with E-state index in [1.165, 1.54) is 0 Å². The van der Waals surface area contributed by atoms with Crippen molar-refractivity contribution in [2.45, 2.75) is 18.6 Å². The van der Waals surface area contributed by atoms with E-state index in [9.17, 15) is 9.59 Å². The maximum atomic E-state index is 12.2. The van der Waals surface area contributed by atoms with Crippen LogP contribution < -0.4 is 10.6 Å². The molecule has 1 unspecified atom stereocenters. The molecular formula is C14H19ClN4O3. The number of ether oxygens (including phenoxy) is 1. The van der Waals surface area contributed by atoms with Crippen LogP contribution in [0.3, 0.4) is 0 Å². The minimum atomic E-state index is -0.352. The number of nitrogens with zero attached hydrogens (tertiary/aromatic N) is 2. The second-order valence-corrected chi connectivity index (χ2v) is 6.22. The Bertz CT molecular complexity index is 589. The Hall–Kier alpha value is -1.73. The molecule has 0 radical (unpaired) electrons. The molecule has 2 fully saturated rings. The Morgan fingerprint density at radius 3 is 3.05 bits per heavy atom. The van der Waals surface area contributed by atoms with Crippen LogP contribution in [0.5, 0.6) is 0 Å². The highest BCUT2D eigenvalue weighted by molar-refractivity contribution is 6.31. The fraction of sp³-hybridized carbons (Fsp3) is 0.571. The fourth-order valence-corrected chi connectivity index (χ4v) is 3.20. The molecule has 3 rings (SSSR count). The van der Waals surface area contributed by atoms with Gasteiger partial charge in [0.2, 0.25) is 0 Å². The predicted molar refractivity (Wildman–Crippen MR) is 81.0 cm³/mol. The van der Waals surface area contributed by atoms with E-state index in [1.807, 2.05) is 0 Å². The molecule has 0 spiro atoms. The van der Waals surface area contributed by atoms with Crippen LogP contribution in [0.25, 0.3) is 0 Å². The summed E-state index contributed by atoms with van der Waals surface area (Å²) in [5, 5.41) is 6.23. The molecule has 2 aliphatic heterocycles. The Labute approximate surface area is 133 Å². The van der Waals surface area contributed by atoms with Gasteiger partial charge in [0.15, 0.2) is 0 Å². The van der Waals surface area contributed by atoms with Crippen molar-refractivity contribution in [1.82, 2.24) is 20.1 Å². The lowest BCUT2D eigenvalue weighted by Gasteiger charge is -2.19. The van der Waals surface area contributed by atoms with Gasteiger partial charge in [-0.2, -0.15) is 0 Å². The number of aromatic nitrogens is 1. The van der Waals surface area contributed by atoms with E-state index >= 15 is 0 Å². The predicted octanol–water partition coefficient (Wildman–Crippen LogP) is 0.591. The van der Waals surface area contributed by atoms with E-state index in [4.69, 9.17) is 16.3 Å². The first-order chi connectivity index (χ1) is 10.5. The van der Waals surface area contributed by atoms with Crippen molar-refractivity contribution in [1.29, 1.82) is 0 Å². The maximum absolute atomic E-state index is 12.2. The molecule has 1 aromatic rings. The average molecular weight is 327 g/mol. The Kier molecular flexibility index (Phi) is 4.26. The van der Waals surface area contributed by atoms with Gasteiger partial charge in [0.05, 0.1) is 11.6 Å². The van der Waals surface area contributed by atoms with Gasteiger partial charge in [-0.1, -0.05) is 11.6 Å². The number of carbonyl (C=O) groups is 2. The first-order valence-electron chi connectivity index (χ1n) is 7.31. The maximum Gasteiger partial charge on any atom is 0.407 e. The summed E-state index contributed by atoms with van der Waals surface area (Å²) in [5.41, 5.74) is 0.553. The zero-order valence-electron chi connectivity index (χ0n) is 12.3. The summed E-state index contributed by atoms with van der Waals surface area (Å²) >= 11 is 5.90. The highest BCUT2D eigenvalue weighted by Crippen LogP contribution is 2.15. The van der Waals surface area contributed by atoms with E-state index in [0.29, 0.717) is 23.8 Å². The number of nitrogens with one attached hydrogen (secondary N) is 2. The second kappa shape index (κ2) is 6.18. The number of hydrogen-bond donors (Lipinski definition) is 2. The molecule has 3 heterocycles. The van der Waals surface area contributed by atoms with E-state index in [1.54, 1.807) is 23.9 Å². The monoisotopic (exact) mass is 326 g/mol. The SMILES string of the molecule is Cn1cc(Cl)cc1C(=O)N[C@H]1CCN(CC2CNC(=O)O2)C1. The molecule has 22 heavy (non-hydrogen) atoms. The lowest BCUT2D eigenvalue weighted by Crippen LogP contribution is -2.39. The molecule has 2 atom stereocenters. The number of rotatable bonds is 4. The van der Waals surface area contributed by atoms with Crippen molar-refractivity contribution in [2.75, 3.05) is 26.2 Å². The van der Waals surface area contributed by atoms with Crippen molar-refractivity contribution >= 4 is 23.6 Å². The molecule has 2 N–H and O–H groups in total. The third kappa shape index (κ3) is 3.36. The Balaban J connectivity index is 1.49. The van der Waals surface area contributed by atoms with Crippen LogP contribution in [0.1, 0.15) is 16.9 Å². The van der Waals surface area contributed by atoms with Crippen molar-refractivity contribution in [2.24, 2.45) is 7.05 Å². The van der Waals surface area contributed by atoms with Gasteiger partial charge >= 0.3 is 6.09 Å². The smallest absolute Gasteiger partial charge is 0.407 e. The van der Waals surface area contributed by atoms with Crippen LogP contribution in [0, 0.1) is 0 Å². The van der Waals surface area contributed by atoms with Crippen LogP contribution in [0.4, 0.5) is 4.79 Å². The minimum Gasteiger partial charge on any atom is -0.443 e. The van der Waals surface area contributed by atoms with Crippen molar-refractivity contribution in [3.8, 4) is 0 Å². The summed E-state index contributed by atoms with van der Waals surface area (Å²) < 4.78 is 6.85. The van der Waals surface area contributed by atoms with Gasteiger partial charge in [-0.25, -0.2) is 4.79 Å². The van der Waals surface area contributed by atoms with Crippen LogP contribution in [-0.2, 0) is 11.8 Å². The molecule has 8 heteroatoms. The van der Waals surface area contributed by atoms with E-state index in [2.05, 4.69) is 15.5 Å². The van der Waals surface area contributed by atoms with Gasteiger partial charge in [0.1, 0.15) is 11.8 Å². The van der Waals surface area contributed by atoms with Gasteiger partial charge in [0, 0.05) is 38.9 Å². The quantitative estimate of drug-likeness (QED) is 0.849. The van der Waals surface area contributed by atoms with E-state index in [0.717, 1.165) is 19.5 Å². The third-order valence-electron chi connectivity index (χ3n) is 4.02. The third-order valence-corrected chi connectivity index (χ3v) is 4.23. The van der Waals surface area contributed by atoms with Gasteiger partial charge < -0.3 is 19.9 Å². The number of amides is 2. The van der Waals surface area contributed by atoms with Crippen molar-refractivity contribution in [3.63, 3.8) is 0 Å². The van der Waals surface area contributed by atoms with Crippen LogP contribution in [0.15, 0.2) is 12.3 Å². The lowest BCUT2D eigenvalue weighted by atomic mass is 10.2. The molecule has 2 aliphatic rings. The molecule has 0 aliphatic carbocycles. The lowest BCUT2D eigenvalue weighted by molar-refractivity contribution is 0.0927. The standard InChI is InChI=1S/C14H19ClN4O3/c1-18-6-9(15)4-12(18)13(20)17-10-2-3-19(7-10)8-11-5-16-14(21)22-11/h4,6,10-11H,2-3,5,7-8H2,1H3,(H,16,21)(H,17,20)/t10-,11?/m0/s1. The molecule has 0 saturated carbocycles. The summed E-state index contributed by atoms with van der Waals surface area (Å²) in [6.07, 6.45) is 2.14. The molecule has 0 bridgehead atoms. The Morgan fingerprint density at radius 1 is 1.59 bits per heavy atom. The molecule has 120 valence electrons. The Morgan fingerprint density at radius 2 is 2.41 bits per heavy atom. The summed E-state index contributed by atoms with van der Waals surface area (Å²) in [6, 6.07) is 1.76. The average Bonchev–Trinajstić information content (AvgIpc) is 3.13. The zero-order valence-corrected chi connectivity index (χ0v) is 13.1. The summed E-state index contributed by atoms with van der Waals surface area (Å²) in [4.78, 5) is 25.4. The first kappa shape index (κ1) is 15.2. The highest BCUT2D eigenvalue weighted by Gasteiger charge is 2.30. The second-order valence-electron chi connectivity index (χ2n) is 5.78. The normalized spacial score (nSPS) is 25.1. The molecular weight excluding hydrogens is 308 g/mol. The van der Waals surface area contributed by atoms with Gasteiger partial charge in [0.25, 0.3) is 5.91 Å². The van der Waals surface area contributed by atoms with E-state index < -0.39 is 0 Å². The van der Waals surface area contributed by atoms with Gasteiger partial charge in [-0.05, 0) is 12.5 Å². The number of likely N-dealkylation sites (tertiary alicyclic amines) is 1. The van der Waals surface area contributed by atoms with Crippen molar-refractivity contribution in [3.05, 3.63) is 23.0 Å². The largest absolute Gasteiger partial charge is 0.443 e. The molecule has 2 saturated heterocycles. The van der Waals surface area contributed by atoms with Crippen LogP contribution in [0.2, 0.25) is 5.02 Å². The summed E-state index contributed by atoms with van der Waals surface area (Å²) in [5.74, 6) is -0.116. The fourth-order valence-electron chi connectivity index (χ4n) is 2.95. The molecule has 2 amide bonds. The number of alkyl carbamates (subject to hydrolysis) is 1.